The molecule has 0 N–H and O–H groups in total. The lowest BCUT2D eigenvalue weighted by Crippen LogP contribution is -2.32. The maximum Gasteiger partial charge on any atom is 0.178 e. The first-order chi connectivity index (χ1) is 7.04. The minimum Gasteiger partial charge on any atom is -0.293 e. The van der Waals surface area contributed by atoms with Gasteiger partial charge in [0.1, 0.15) is 0 Å². The van der Waals surface area contributed by atoms with Gasteiger partial charge in [-0.25, -0.2) is 0 Å². The molecular formula is C12H14OS2. The number of carbonyl (C=O) groups is 1. The summed E-state index contributed by atoms with van der Waals surface area (Å²) in [4.78, 5) is 13.3. The number of thioether (sulfide) groups is 2. The molecule has 0 aliphatic carbocycles. The Morgan fingerprint density at radius 1 is 1.40 bits per heavy atom. The highest BCUT2D eigenvalue weighted by Gasteiger charge is 2.34. The van der Waals surface area contributed by atoms with Crippen LogP contribution in [0.1, 0.15) is 29.8 Å². The van der Waals surface area contributed by atoms with Crippen LogP contribution >= 0.6 is 23.5 Å². The number of ketones is 1. The molecular weight excluding hydrogens is 224 g/mol. The Labute approximate surface area is 99.0 Å². The molecule has 80 valence electrons. The number of Topliss-reactive ketones (excluding diaryl/α,β-unsaturated/α-hetero) is 1. The first-order valence-electron chi connectivity index (χ1n) is 4.90. The van der Waals surface area contributed by atoms with E-state index >= 15 is 0 Å². The molecule has 1 heterocycles. The molecule has 1 nitrogen and oxygen atoms in total. The van der Waals surface area contributed by atoms with E-state index in [1.165, 1.54) is 10.5 Å². The Bertz CT molecular complexity index is 410. The molecule has 2 rings (SSSR count). The van der Waals surface area contributed by atoms with E-state index in [9.17, 15) is 4.79 Å². The van der Waals surface area contributed by atoms with E-state index in [2.05, 4.69) is 12.1 Å². The van der Waals surface area contributed by atoms with Crippen LogP contribution in [0.4, 0.5) is 0 Å². The van der Waals surface area contributed by atoms with Crippen molar-refractivity contribution in [1.29, 1.82) is 0 Å². The summed E-state index contributed by atoms with van der Waals surface area (Å²) in [5, 5.41) is 0. The molecule has 1 aliphatic rings. The highest BCUT2D eigenvalue weighted by Crippen LogP contribution is 2.39. The van der Waals surface area contributed by atoms with Crippen LogP contribution in [0.5, 0.6) is 0 Å². The SMILES string of the molecule is CSc1ccc2c(c1)C(=O)C(C)(C)SC2. The monoisotopic (exact) mass is 238 g/mol. The van der Waals surface area contributed by atoms with Gasteiger partial charge in [0.15, 0.2) is 5.78 Å². The number of hydrogen-bond acceptors (Lipinski definition) is 3. The largest absolute Gasteiger partial charge is 0.293 e. The number of fused-ring (bicyclic) bond motifs is 1. The highest BCUT2D eigenvalue weighted by molar-refractivity contribution is 8.00. The van der Waals surface area contributed by atoms with Crippen molar-refractivity contribution in [3.05, 3.63) is 29.3 Å². The fourth-order valence-electron chi connectivity index (χ4n) is 1.67. The van der Waals surface area contributed by atoms with Crippen LogP contribution in [0, 0.1) is 0 Å². The second kappa shape index (κ2) is 3.87. The van der Waals surface area contributed by atoms with E-state index in [0.717, 1.165) is 11.3 Å². The van der Waals surface area contributed by atoms with Crippen molar-refractivity contribution >= 4 is 29.3 Å². The van der Waals surface area contributed by atoms with Crippen LogP contribution in [-0.4, -0.2) is 16.8 Å². The van der Waals surface area contributed by atoms with Crippen molar-refractivity contribution in [2.75, 3.05) is 6.26 Å². The second-order valence-electron chi connectivity index (χ2n) is 4.15. The van der Waals surface area contributed by atoms with Gasteiger partial charge in [-0.05, 0) is 37.8 Å². The van der Waals surface area contributed by atoms with Gasteiger partial charge in [-0.15, -0.1) is 23.5 Å². The summed E-state index contributed by atoms with van der Waals surface area (Å²) in [5.41, 5.74) is 2.10. The van der Waals surface area contributed by atoms with Gasteiger partial charge in [-0.3, -0.25) is 4.79 Å². The Hall–Kier alpha value is -0.410. The fourth-order valence-corrected chi connectivity index (χ4v) is 3.12. The van der Waals surface area contributed by atoms with Crippen molar-refractivity contribution in [2.24, 2.45) is 0 Å². The molecule has 0 aromatic heterocycles. The predicted octanol–water partition coefficient (Wildman–Crippen LogP) is 3.62. The third kappa shape index (κ3) is 1.95. The fraction of sp³-hybridized carbons (Fsp3) is 0.417. The van der Waals surface area contributed by atoms with Gasteiger partial charge in [-0.2, -0.15) is 0 Å². The molecule has 1 aliphatic heterocycles. The molecule has 0 saturated heterocycles. The van der Waals surface area contributed by atoms with Gasteiger partial charge in [0.2, 0.25) is 0 Å². The third-order valence-corrected chi connectivity index (χ3v) is 4.78. The Morgan fingerprint density at radius 2 is 2.13 bits per heavy atom. The lowest BCUT2D eigenvalue weighted by Gasteiger charge is -2.29. The topological polar surface area (TPSA) is 17.1 Å². The van der Waals surface area contributed by atoms with Crippen LogP contribution in [-0.2, 0) is 5.75 Å². The Morgan fingerprint density at radius 3 is 2.80 bits per heavy atom. The van der Waals surface area contributed by atoms with Crippen LogP contribution in [0.2, 0.25) is 0 Å². The summed E-state index contributed by atoms with van der Waals surface area (Å²) in [6.07, 6.45) is 2.04. The average molecular weight is 238 g/mol. The molecule has 0 bridgehead atoms. The smallest absolute Gasteiger partial charge is 0.178 e. The molecule has 0 fully saturated rings. The summed E-state index contributed by atoms with van der Waals surface area (Å²) in [6.45, 7) is 4.02. The zero-order valence-electron chi connectivity index (χ0n) is 9.16. The van der Waals surface area contributed by atoms with E-state index in [4.69, 9.17) is 0 Å². The summed E-state index contributed by atoms with van der Waals surface area (Å²) in [6, 6.07) is 6.21. The predicted molar refractivity (Wildman–Crippen MR) is 67.9 cm³/mol. The van der Waals surface area contributed by atoms with Crippen LogP contribution in [0.3, 0.4) is 0 Å². The second-order valence-corrected chi connectivity index (χ2v) is 6.63. The minimum absolute atomic E-state index is 0.260. The standard InChI is InChI=1S/C12H14OS2/c1-12(2)11(13)10-6-9(14-3)5-4-8(10)7-15-12/h4-6H,7H2,1-3H3. The number of hydrogen-bond donors (Lipinski definition) is 0. The lowest BCUT2D eigenvalue weighted by molar-refractivity contribution is 0.0955. The molecule has 15 heavy (non-hydrogen) atoms. The molecule has 0 spiro atoms. The quantitative estimate of drug-likeness (QED) is 0.696. The number of carbonyl (C=O) groups excluding carboxylic acids is 1. The first-order valence-corrected chi connectivity index (χ1v) is 7.11. The van der Waals surface area contributed by atoms with Gasteiger partial charge >= 0.3 is 0 Å². The van der Waals surface area contributed by atoms with Gasteiger partial charge in [0.05, 0.1) is 4.75 Å². The van der Waals surface area contributed by atoms with Crippen molar-refractivity contribution in [1.82, 2.24) is 0 Å². The average Bonchev–Trinajstić information content (AvgIpc) is 2.24. The molecule has 0 unspecified atom stereocenters. The highest BCUT2D eigenvalue weighted by atomic mass is 32.2. The van der Waals surface area contributed by atoms with Crippen LogP contribution < -0.4 is 0 Å². The molecule has 1 aromatic rings. The van der Waals surface area contributed by atoms with Gasteiger partial charge in [0, 0.05) is 16.2 Å². The number of rotatable bonds is 1. The third-order valence-electron chi connectivity index (χ3n) is 2.70. The molecule has 0 atom stereocenters. The molecule has 0 saturated carbocycles. The molecule has 0 amide bonds. The van der Waals surface area contributed by atoms with Gasteiger partial charge in [-0.1, -0.05) is 6.07 Å². The van der Waals surface area contributed by atoms with Crippen LogP contribution in [0.15, 0.2) is 23.1 Å². The van der Waals surface area contributed by atoms with Crippen molar-refractivity contribution in [3.63, 3.8) is 0 Å². The molecule has 1 aromatic carbocycles. The van der Waals surface area contributed by atoms with Gasteiger partial charge in [0.25, 0.3) is 0 Å². The maximum atomic E-state index is 12.2. The van der Waals surface area contributed by atoms with E-state index in [1.807, 2.05) is 26.2 Å². The van der Waals surface area contributed by atoms with Crippen molar-refractivity contribution in [2.45, 2.75) is 29.2 Å². The molecule has 0 radical (unpaired) electrons. The summed E-state index contributed by atoms with van der Waals surface area (Å²) >= 11 is 3.41. The maximum absolute atomic E-state index is 12.2. The minimum atomic E-state index is -0.260. The normalized spacial score (nSPS) is 18.7. The van der Waals surface area contributed by atoms with E-state index in [-0.39, 0.29) is 10.5 Å². The van der Waals surface area contributed by atoms with E-state index in [0.29, 0.717) is 0 Å². The molecule has 3 heteroatoms. The number of benzene rings is 1. The Balaban J connectivity index is 2.49. The van der Waals surface area contributed by atoms with Crippen LogP contribution in [0.25, 0.3) is 0 Å². The zero-order chi connectivity index (χ0) is 11.1. The van der Waals surface area contributed by atoms with Crippen molar-refractivity contribution in [3.8, 4) is 0 Å². The summed E-state index contributed by atoms with van der Waals surface area (Å²) in [7, 11) is 0. The van der Waals surface area contributed by atoms with E-state index in [1.54, 1.807) is 23.5 Å². The first kappa shape index (κ1) is 11.1. The van der Waals surface area contributed by atoms with Crippen molar-refractivity contribution < 1.29 is 4.79 Å². The summed E-state index contributed by atoms with van der Waals surface area (Å²) in [5.74, 6) is 1.22. The lowest BCUT2D eigenvalue weighted by atomic mass is 9.96. The Kier molecular flexibility index (Phi) is 2.86. The summed E-state index contributed by atoms with van der Waals surface area (Å²) < 4.78 is -0.260. The van der Waals surface area contributed by atoms with Gasteiger partial charge < -0.3 is 0 Å². The zero-order valence-corrected chi connectivity index (χ0v) is 10.8. The van der Waals surface area contributed by atoms with E-state index < -0.39 is 0 Å².